The number of aromatic nitrogens is 2. The summed E-state index contributed by atoms with van der Waals surface area (Å²) in [5.74, 6) is -5.23. The fourth-order valence-electron chi connectivity index (χ4n) is 7.59. The quantitative estimate of drug-likeness (QED) is 0.0557. The third-order valence-corrected chi connectivity index (χ3v) is 13.4. The Morgan fingerprint density at radius 3 is 1.97 bits per heavy atom. The van der Waals surface area contributed by atoms with E-state index in [2.05, 4.69) is 20.0 Å². The number of carbonyl (C=O) groups excluding carboxylic acids is 1. The van der Waals surface area contributed by atoms with E-state index in [1.165, 1.54) is 66.6 Å². The lowest BCUT2D eigenvalue weighted by atomic mass is 9.80. The summed E-state index contributed by atoms with van der Waals surface area (Å²) in [5.41, 5.74) is 4.62. The van der Waals surface area contributed by atoms with Crippen LogP contribution in [-0.2, 0) is 21.2 Å². The van der Waals surface area contributed by atoms with Gasteiger partial charge < -0.3 is 20.5 Å². The molecule has 5 N–H and O–H groups in total. The van der Waals surface area contributed by atoms with E-state index in [0.29, 0.717) is 67.1 Å². The molecule has 0 spiro atoms. The third kappa shape index (κ3) is 10.5. The molecule has 0 aliphatic heterocycles. The Balaban J connectivity index is 0.000000390. The molecule has 66 heavy (non-hydrogen) atoms. The molecule has 2 fully saturated rings. The molecule has 0 unspecified atom stereocenters. The minimum Gasteiger partial charge on any atom is -0.480 e. The van der Waals surface area contributed by atoms with E-state index in [0.717, 1.165) is 24.0 Å². The number of amides is 1. The van der Waals surface area contributed by atoms with Crippen LogP contribution >= 0.6 is 23.2 Å². The van der Waals surface area contributed by atoms with Crippen molar-refractivity contribution in [2.45, 2.75) is 54.9 Å². The van der Waals surface area contributed by atoms with Crippen LogP contribution in [0.1, 0.15) is 64.6 Å². The van der Waals surface area contributed by atoms with E-state index in [1.54, 1.807) is 36.5 Å². The summed E-state index contributed by atoms with van der Waals surface area (Å²) in [6, 6.07) is 25.9. The Labute approximate surface area is 387 Å². The molecule has 1 amide bonds. The number of hydrogen-bond acceptors (Lipinski definition) is 8. The van der Waals surface area contributed by atoms with Gasteiger partial charge in [0.05, 0.1) is 16.1 Å². The zero-order valence-electron chi connectivity index (χ0n) is 34.6. The number of halogens is 5. The molecule has 336 valence electrons. The van der Waals surface area contributed by atoms with Crippen LogP contribution in [0.2, 0.25) is 10.0 Å². The lowest BCUT2D eigenvalue weighted by Gasteiger charge is -2.18. The van der Waals surface area contributed by atoms with Gasteiger partial charge in [0.25, 0.3) is 15.9 Å². The van der Waals surface area contributed by atoms with Gasteiger partial charge in [0, 0.05) is 56.9 Å². The Kier molecular flexibility index (Phi) is 13.5. The number of aliphatic carboxylic acids is 1. The standard InChI is InChI=1S/C39H28ClF3N4O5S.C9H10BClO2/c40-31-16-23(21-3-4-21)7-11-29(31)30-12-8-25(28-2-1-14-45-37(28)30)17-34(39(49)50)46-38(48)36-32(41)19-26(20-33(36)42)47-53(51,52)27-9-5-22(6-10-27)24-13-15-44-35(43)18-24;11-9-5-7(6-1-2-6)3-4-8(9)10(12)13/h1-2,5-16,18-21,34,47H,3-4,17H2,(H,46,48)(H,49,50);3-6,12-13H,1-2H2/t34-;/m0./s1. The van der Waals surface area contributed by atoms with Crippen molar-refractivity contribution in [3.8, 4) is 22.3 Å². The number of sulfonamides is 1. The Morgan fingerprint density at radius 1 is 0.742 bits per heavy atom. The molecule has 11 nitrogen and oxygen atoms in total. The molecule has 2 saturated carbocycles. The van der Waals surface area contributed by atoms with Crippen molar-refractivity contribution in [1.29, 1.82) is 0 Å². The maximum atomic E-state index is 15.3. The predicted octanol–water partition coefficient (Wildman–Crippen LogP) is 9.04. The van der Waals surface area contributed by atoms with Crippen LogP contribution in [0.4, 0.5) is 18.9 Å². The van der Waals surface area contributed by atoms with Gasteiger partial charge in [0.2, 0.25) is 5.95 Å². The molecule has 0 saturated heterocycles. The van der Waals surface area contributed by atoms with Gasteiger partial charge in [-0.2, -0.15) is 4.39 Å². The highest BCUT2D eigenvalue weighted by Crippen LogP contribution is 2.43. The number of carboxylic acids is 1. The lowest BCUT2D eigenvalue weighted by molar-refractivity contribution is -0.139. The van der Waals surface area contributed by atoms with Gasteiger partial charge in [-0.15, -0.1) is 0 Å². The molecular weight excluding hydrogens is 915 g/mol. The largest absolute Gasteiger partial charge is 0.489 e. The molecule has 0 bridgehead atoms. The third-order valence-electron chi connectivity index (χ3n) is 11.3. The number of carbonyl (C=O) groups is 2. The van der Waals surface area contributed by atoms with Crippen LogP contribution in [0, 0.1) is 17.6 Å². The van der Waals surface area contributed by atoms with E-state index in [9.17, 15) is 27.5 Å². The first-order chi connectivity index (χ1) is 31.6. The minimum absolute atomic E-state index is 0.256. The second-order valence-corrected chi connectivity index (χ2v) is 18.5. The molecule has 7 aromatic rings. The molecule has 1 atom stereocenters. The number of carboxylic acid groups (broad SMARTS) is 1. The minimum atomic E-state index is -4.36. The van der Waals surface area contributed by atoms with Crippen molar-refractivity contribution in [3.63, 3.8) is 0 Å². The molecule has 0 radical (unpaired) electrons. The fourth-order valence-corrected chi connectivity index (χ4v) is 9.21. The summed E-state index contributed by atoms with van der Waals surface area (Å²) in [6.07, 6.45) is 7.28. The fraction of sp³-hybridized carbons (Fsp3) is 0.167. The normalized spacial score (nSPS) is 13.9. The number of hydrogen-bond donors (Lipinski definition) is 5. The van der Waals surface area contributed by atoms with Crippen LogP contribution in [0.15, 0.2) is 126 Å². The number of pyridine rings is 2. The van der Waals surface area contributed by atoms with Gasteiger partial charge in [-0.25, -0.2) is 27.0 Å². The molecular formula is C48H38BCl2F3N4O7S. The SMILES string of the molecule is O=C(N[C@@H](Cc1ccc(-c2ccc(C3CC3)cc2Cl)c2ncccc12)C(=O)O)c1c(F)cc(NS(=O)(=O)c2ccc(-c3ccnc(F)c3)cc2)cc1F.OB(O)c1ccc(C2CC2)cc1Cl. The van der Waals surface area contributed by atoms with Gasteiger partial charge in [-0.1, -0.05) is 77.8 Å². The monoisotopic (exact) mass is 952 g/mol. The number of nitrogens with one attached hydrogen (secondary N) is 2. The summed E-state index contributed by atoms with van der Waals surface area (Å²) in [7, 11) is -5.83. The topological polar surface area (TPSA) is 179 Å². The van der Waals surface area contributed by atoms with Crippen LogP contribution in [0.3, 0.4) is 0 Å². The average molecular weight is 954 g/mol. The number of fused-ring (bicyclic) bond motifs is 1. The first-order valence-corrected chi connectivity index (χ1v) is 22.9. The van der Waals surface area contributed by atoms with Crippen LogP contribution in [0.25, 0.3) is 33.2 Å². The molecule has 2 aliphatic carbocycles. The summed E-state index contributed by atoms with van der Waals surface area (Å²) in [5, 5.41) is 31.7. The smallest absolute Gasteiger partial charge is 0.480 e. The van der Waals surface area contributed by atoms with E-state index in [1.807, 2.05) is 30.3 Å². The highest BCUT2D eigenvalue weighted by Gasteiger charge is 2.29. The van der Waals surface area contributed by atoms with E-state index < -0.39 is 63.9 Å². The Hall–Kier alpha value is -6.30. The van der Waals surface area contributed by atoms with Crippen molar-refractivity contribution in [3.05, 3.63) is 171 Å². The Bertz CT molecular complexity index is 3100. The molecule has 5 aromatic carbocycles. The highest BCUT2D eigenvalue weighted by atomic mass is 35.5. The average Bonchev–Trinajstić information content (AvgIpc) is 4.21. The number of rotatable bonds is 13. The second-order valence-electron chi connectivity index (χ2n) is 16.0. The maximum Gasteiger partial charge on any atom is 0.489 e. The van der Waals surface area contributed by atoms with Gasteiger partial charge in [0.1, 0.15) is 23.2 Å². The van der Waals surface area contributed by atoms with Crippen molar-refractivity contribution >= 4 is 74.3 Å². The van der Waals surface area contributed by atoms with E-state index in [4.69, 9.17) is 33.2 Å². The summed E-state index contributed by atoms with van der Waals surface area (Å²) < 4.78 is 72.1. The van der Waals surface area contributed by atoms with Crippen LogP contribution in [-0.4, -0.2) is 58.6 Å². The molecule has 18 heteroatoms. The highest BCUT2D eigenvalue weighted by molar-refractivity contribution is 7.92. The lowest BCUT2D eigenvalue weighted by Crippen LogP contribution is -2.43. The van der Waals surface area contributed by atoms with Gasteiger partial charge >= 0.3 is 13.1 Å². The van der Waals surface area contributed by atoms with Crippen molar-refractivity contribution in [2.75, 3.05) is 4.72 Å². The van der Waals surface area contributed by atoms with Crippen molar-refractivity contribution in [1.82, 2.24) is 15.3 Å². The van der Waals surface area contributed by atoms with Gasteiger partial charge in [-0.05, 0) is 114 Å². The zero-order valence-corrected chi connectivity index (χ0v) is 36.9. The first kappa shape index (κ1) is 46.2. The number of nitrogens with zero attached hydrogens (tertiary/aromatic N) is 2. The van der Waals surface area contributed by atoms with Crippen molar-refractivity contribution in [2.24, 2.45) is 0 Å². The Morgan fingerprint density at radius 2 is 1.38 bits per heavy atom. The van der Waals surface area contributed by atoms with Gasteiger partial charge in [0.15, 0.2) is 0 Å². The van der Waals surface area contributed by atoms with E-state index in [-0.39, 0.29) is 11.3 Å². The van der Waals surface area contributed by atoms with Crippen LogP contribution < -0.4 is 15.5 Å². The van der Waals surface area contributed by atoms with Crippen LogP contribution in [0.5, 0.6) is 0 Å². The number of benzene rings is 5. The molecule has 2 heterocycles. The number of anilines is 1. The molecule has 2 aromatic heterocycles. The molecule has 2 aliphatic rings. The predicted molar refractivity (Wildman–Crippen MR) is 247 cm³/mol. The second kappa shape index (κ2) is 19.3. The molecule has 9 rings (SSSR count). The summed E-state index contributed by atoms with van der Waals surface area (Å²) in [4.78, 5) is 33.2. The van der Waals surface area contributed by atoms with E-state index >= 15 is 8.78 Å². The zero-order chi connectivity index (χ0) is 46.9. The maximum absolute atomic E-state index is 15.3. The first-order valence-electron chi connectivity index (χ1n) is 20.7. The summed E-state index contributed by atoms with van der Waals surface area (Å²) in [6.45, 7) is 0. The summed E-state index contributed by atoms with van der Waals surface area (Å²) >= 11 is 12.6. The van der Waals surface area contributed by atoms with Gasteiger partial charge in [-0.3, -0.25) is 14.5 Å². The van der Waals surface area contributed by atoms with Crippen molar-refractivity contribution < 1.29 is 46.3 Å².